The number of benzene rings is 1. The molecular formula is C17H20BrN3O4. The number of ether oxygens (including phenoxy) is 2. The zero-order chi connectivity index (χ0) is 18.0. The third kappa shape index (κ3) is 3.22. The van der Waals surface area contributed by atoms with Crippen LogP contribution in [0, 0.1) is 0 Å². The Labute approximate surface area is 154 Å². The monoisotopic (exact) mass is 409 g/mol. The molecule has 1 aromatic rings. The zero-order valence-corrected chi connectivity index (χ0v) is 15.8. The van der Waals surface area contributed by atoms with Gasteiger partial charge in [-0.2, -0.15) is 5.10 Å². The third-order valence-electron chi connectivity index (χ3n) is 4.66. The average molecular weight is 410 g/mol. The van der Waals surface area contributed by atoms with Gasteiger partial charge in [-0.1, -0.05) is 19.3 Å². The van der Waals surface area contributed by atoms with Crippen LogP contribution in [0.5, 0.6) is 11.5 Å². The van der Waals surface area contributed by atoms with Gasteiger partial charge in [0, 0.05) is 10.0 Å². The van der Waals surface area contributed by atoms with Gasteiger partial charge in [0.05, 0.1) is 20.4 Å². The summed E-state index contributed by atoms with van der Waals surface area (Å²) < 4.78 is 11.2. The average Bonchev–Trinajstić information content (AvgIpc) is 2.84. The lowest BCUT2D eigenvalue weighted by Crippen LogP contribution is -2.48. The summed E-state index contributed by atoms with van der Waals surface area (Å²) in [7, 11) is 3.09. The highest BCUT2D eigenvalue weighted by Crippen LogP contribution is 2.35. The lowest BCUT2D eigenvalue weighted by atomic mass is 9.82. The molecule has 3 rings (SSSR count). The van der Waals surface area contributed by atoms with Crippen molar-refractivity contribution in [3.8, 4) is 11.5 Å². The number of carbonyl (C=O) groups excluding carboxylic acids is 2. The first kappa shape index (κ1) is 17.7. The summed E-state index contributed by atoms with van der Waals surface area (Å²) in [5, 5.41) is 7.87. The lowest BCUT2D eigenvalue weighted by Gasteiger charge is -2.29. The topological polar surface area (TPSA) is 80.2 Å². The molecule has 1 saturated heterocycles. The molecule has 1 N–H and O–H groups in total. The highest BCUT2D eigenvalue weighted by atomic mass is 79.9. The number of imide groups is 1. The van der Waals surface area contributed by atoms with E-state index in [0.29, 0.717) is 34.4 Å². The Hall–Kier alpha value is -2.09. The number of urea groups is 1. The molecule has 25 heavy (non-hydrogen) atoms. The number of nitrogens with zero attached hydrogens (tertiary/aromatic N) is 2. The molecule has 2 aliphatic rings. The van der Waals surface area contributed by atoms with Crippen LogP contribution >= 0.6 is 15.9 Å². The highest BCUT2D eigenvalue weighted by Gasteiger charge is 2.51. The minimum absolute atomic E-state index is 0.273. The van der Waals surface area contributed by atoms with Crippen LogP contribution < -0.4 is 14.8 Å². The number of hydrogen-bond acceptors (Lipinski definition) is 5. The predicted molar refractivity (Wildman–Crippen MR) is 96.0 cm³/mol. The lowest BCUT2D eigenvalue weighted by molar-refractivity contribution is -0.132. The second kappa shape index (κ2) is 7.03. The Bertz CT molecular complexity index is 729. The third-order valence-corrected chi connectivity index (χ3v) is 5.35. The van der Waals surface area contributed by atoms with Gasteiger partial charge in [-0.25, -0.2) is 4.79 Å². The maximum absolute atomic E-state index is 12.7. The van der Waals surface area contributed by atoms with Crippen molar-refractivity contribution in [2.75, 3.05) is 14.2 Å². The van der Waals surface area contributed by atoms with E-state index in [1.165, 1.54) is 13.3 Å². The molecule has 2 fully saturated rings. The number of methoxy groups -OCH3 is 2. The molecule has 1 aromatic carbocycles. The summed E-state index contributed by atoms with van der Waals surface area (Å²) in [6.45, 7) is 0. The van der Waals surface area contributed by atoms with Gasteiger partial charge in [0.25, 0.3) is 5.91 Å². The predicted octanol–water partition coefficient (Wildman–Crippen LogP) is 3.05. The van der Waals surface area contributed by atoms with Gasteiger partial charge in [-0.3, -0.25) is 4.79 Å². The molecule has 1 aliphatic heterocycles. The zero-order valence-electron chi connectivity index (χ0n) is 14.2. The highest BCUT2D eigenvalue weighted by molar-refractivity contribution is 9.10. The van der Waals surface area contributed by atoms with Crippen molar-refractivity contribution in [3.05, 3.63) is 22.2 Å². The quantitative estimate of drug-likeness (QED) is 0.611. The van der Waals surface area contributed by atoms with E-state index in [1.807, 2.05) is 0 Å². The number of hydrogen-bond donors (Lipinski definition) is 1. The molecule has 0 atom stereocenters. The van der Waals surface area contributed by atoms with Crippen molar-refractivity contribution in [2.45, 2.75) is 37.6 Å². The molecule has 0 bridgehead atoms. The molecule has 1 saturated carbocycles. The standard InChI is InChI=1S/C17H20BrN3O4/c1-24-13-8-11(12(18)9-14(13)25-2)10-19-21-15(22)17(20-16(21)23)6-4-3-5-7-17/h8-10H,3-7H2,1-2H3,(H,20,23)/b19-10-. The van der Waals surface area contributed by atoms with Crippen LogP contribution in [0.4, 0.5) is 4.79 Å². The van der Waals surface area contributed by atoms with E-state index >= 15 is 0 Å². The maximum atomic E-state index is 12.7. The summed E-state index contributed by atoms with van der Waals surface area (Å²) in [5.74, 6) is 0.834. The summed E-state index contributed by atoms with van der Waals surface area (Å²) in [6.07, 6.45) is 5.76. The van der Waals surface area contributed by atoms with Crippen LogP contribution in [-0.2, 0) is 4.79 Å². The number of rotatable bonds is 4. The molecule has 7 nitrogen and oxygen atoms in total. The van der Waals surface area contributed by atoms with E-state index in [4.69, 9.17) is 9.47 Å². The van der Waals surface area contributed by atoms with Crippen molar-refractivity contribution in [1.82, 2.24) is 10.3 Å². The fraction of sp³-hybridized carbons (Fsp3) is 0.471. The van der Waals surface area contributed by atoms with Gasteiger partial charge >= 0.3 is 6.03 Å². The van der Waals surface area contributed by atoms with E-state index < -0.39 is 11.6 Å². The van der Waals surface area contributed by atoms with Gasteiger partial charge in [-0.05, 0) is 40.9 Å². The van der Waals surface area contributed by atoms with E-state index in [-0.39, 0.29) is 5.91 Å². The van der Waals surface area contributed by atoms with Crippen LogP contribution in [0.15, 0.2) is 21.7 Å². The molecule has 3 amide bonds. The number of carbonyl (C=O) groups is 2. The first-order valence-electron chi connectivity index (χ1n) is 8.13. The van der Waals surface area contributed by atoms with Gasteiger partial charge in [-0.15, -0.1) is 5.01 Å². The van der Waals surface area contributed by atoms with Crippen LogP contribution in [0.3, 0.4) is 0 Å². The van der Waals surface area contributed by atoms with E-state index in [9.17, 15) is 9.59 Å². The van der Waals surface area contributed by atoms with Crippen molar-refractivity contribution in [1.29, 1.82) is 0 Å². The molecule has 8 heteroatoms. The molecule has 1 spiro atoms. The van der Waals surface area contributed by atoms with Gasteiger partial charge in [0.1, 0.15) is 5.54 Å². The Balaban J connectivity index is 1.84. The van der Waals surface area contributed by atoms with E-state index in [0.717, 1.165) is 24.3 Å². The summed E-state index contributed by atoms with van der Waals surface area (Å²) >= 11 is 3.43. The second-order valence-electron chi connectivity index (χ2n) is 6.16. The SMILES string of the molecule is COc1cc(Br)c(/C=N\N2C(=O)NC3(CCCCC3)C2=O)cc1OC. The van der Waals surface area contributed by atoms with Crippen LogP contribution in [0.2, 0.25) is 0 Å². The summed E-state index contributed by atoms with van der Waals surface area (Å²) in [4.78, 5) is 24.9. The van der Waals surface area contributed by atoms with Crippen molar-refractivity contribution in [3.63, 3.8) is 0 Å². The smallest absolute Gasteiger partial charge is 0.346 e. The normalized spacial score (nSPS) is 19.6. The van der Waals surface area contributed by atoms with Crippen molar-refractivity contribution in [2.24, 2.45) is 5.10 Å². The number of amides is 3. The Kier molecular flexibility index (Phi) is 4.99. The Morgan fingerprint density at radius 1 is 1.16 bits per heavy atom. The first-order valence-corrected chi connectivity index (χ1v) is 8.92. The van der Waals surface area contributed by atoms with Gasteiger partial charge in [0.2, 0.25) is 0 Å². The molecule has 1 heterocycles. The van der Waals surface area contributed by atoms with Crippen molar-refractivity contribution < 1.29 is 19.1 Å². The molecule has 1 aliphatic carbocycles. The van der Waals surface area contributed by atoms with Gasteiger partial charge in [0.15, 0.2) is 11.5 Å². The Morgan fingerprint density at radius 2 is 1.80 bits per heavy atom. The van der Waals surface area contributed by atoms with Gasteiger partial charge < -0.3 is 14.8 Å². The van der Waals surface area contributed by atoms with E-state index in [2.05, 4.69) is 26.3 Å². The number of nitrogens with one attached hydrogen (secondary N) is 1. The number of hydrazone groups is 1. The van der Waals surface area contributed by atoms with Crippen molar-refractivity contribution >= 4 is 34.1 Å². The second-order valence-corrected chi connectivity index (χ2v) is 7.02. The van der Waals surface area contributed by atoms with Crippen LogP contribution in [0.1, 0.15) is 37.7 Å². The fourth-order valence-corrected chi connectivity index (χ4v) is 3.72. The summed E-state index contributed by atoms with van der Waals surface area (Å²) in [5.41, 5.74) is -0.107. The minimum atomic E-state index is -0.776. The molecule has 0 unspecified atom stereocenters. The molecule has 0 aromatic heterocycles. The fourth-order valence-electron chi connectivity index (χ4n) is 3.29. The Morgan fingerprint density at radius 3 is 2.44 bits per heavy atom. The molecular weight excluding hydrogens is 390 g/mol. The molecule has 0 radical (unpaired) electrons. The minimum Gasteiger partial charge on any atom is -0.493 e. The van der Waals surface area contributed by atoms with E-state index in [1.54, 1.807) is 19.2 Å². The first-order chi connectivity index (χ1) is 12.0. The van der Waals surface area contributed by atoms with Crippen LogP contribution in [0.25, 0.3) is 0 Å². The van der Waals surface area contributed by atoms with Crippen LogP contribution in [-0.4, -0.2) is 42.9 Å². The molecule has 134 valence electrons. The largest absolute Gasteiger partial charge is 0.493 e. The summed E-state index contributed by atoms with van der Waals surface area (Å²) in [6, 6.07) is 3.00. The number of halogens is 1. The maximum Gasteiger partial charge on any atom is 0.346 e.